The molecule has 14 heteroatoms. The first-order valence-corrected chi connectivity index (χ1v) is 6.93. The lowest BCUT2D eigenvalue weighted by molar-refractivity contribution is -0.384. The predicted octanol–water partition coefficient (Wildman–Crippen LogP) is 2.98. The van der Waals surface area contributed by atoms with E-state index in [0.29, 0.717) is 0 Å². The SMILES string of the molecule is CN(c1nc(Cl)ncc1[N+](=O)[O-])c1sc(C(F)(F)F)nc1C(=O)O. The van der Waals surface area contributed by atoms with Crippen LogP contribution in [0.3, 0.4) is 0 Å². The first-order valence-electron chi connectivity index (χ1n) is 5.74. The van der Waals surface area contributed by atoms with Crippen molar-refractivity contribution in [2.75, 3.05) is 11.9 Å². The normalized spacial score (nSPS) is 11.4. The summed E-state index contributed by atoms with van der Waals surface area (Å²) in [6.07, 6.45) is -4.11. The number of nitro groups is 1. The van der Waals surface area contributed by atoms with Crippen LogP contribution in [0.15, 0.2) is 6.20 Å². The van der Waals surface area contributed by atoms with Crippen LogP contribution in [0, 0.1) is 10.1 Å². The van der Waals surface area contributed by atoms with Gasteiger partial charge in [0.1, 0.15) is 11.2 Å². The van der Waals surface area contributed by atoms with Crippen molar-refractivity contribution in [1.29, 1.82) is 0 Å². The maximum absolute atomic E-state index is 12.8. The Bertz CT molecular complexity index is 827. The summed E-state index contributed by atoms with van der Waals surface area (Å²) in [5.74, 6) is -2.20. The van der Waals surface area contributed by atoms with Crippen LogP contribution in [-0.2, 0) is 6.18 Å². The van der Waals surface area contributed by atoms with E-state index >= 15 is 0 Å². The second-order valence-corrected chi connectivity index (χ2v) is 5.46. The molecule has 0 aliphatic heterocycles. The molecule has 1 N–H and O–H groups in total. The minimum Gasteiger partial charge on any atom is -0.476 e. The first-order chi connectivity index (χ1) is 11.0. The highest BCUT2D eigenvalue weighted by molar-refractivity contribution is 7.16. The van der Waals surface area contributed by atoms with E-state index in [2.05, 4.69) is 15.0 Å². The van der Waals surface area contributed by atoms with E-state index in [4.69, 9.17) is 16.7 Å². The molecule has 0 aliphatic rings. The predicted molar refractivity (Wildman–Crippen MR) is 75.8 cm³/mol. The molecule has 0 atom stereocenters. The number of halogens is 4. The molecule has 2 aromatic heterocycles. The summed E-state index contributed by atoms with van der Waals surface area (Å²) < 4.78 is 38.3. The van der Waals surface area contributed by atoms with Crippen molar-refractivity contribution in [2.45, 2.75) is 6.18 Å². The third-order valence-electron chi connectivity index (χ3n) is 2.59. The Balaban J connectivity index is 2.64. The smallest absolute Gasteiger partial charge is 0.443 e. The number of carbonyl (C=O) groups is 1. The molecule has 0 amide bonds. The summed E-state index contributed by atoms with van der Waals surface area (Å²) >= 11 is 5.56. The number of alkyl halides is 3. The van der Waals surface area contributed by atoms with Crippen LogP contribution in [0.2, 0.25) is 5.28 Å². The minimum absolute atomic E-state index is 0.00688. The van der Waals surface area contributed by atoms with Crippen LogP contribution in [0.5, 0.6) is 0 Å². The molecule has 9 nitrogen and oxygen atoms in total. The summed E-state index contributed by atoms with van der Waals surface area (Å²) in [6.45, 7) is 0. The maximum Gasteiger partial charge on any atom is 0.443 e. The molecule has 0 saturated carbocycles. The Morgan fingerprint density at radius 3 is 2.58 bits per heavy atom. The Kier molecular flexibility index (Phi) is 4.57. The molecule has 0 saturated heterocycles. The number of carboxylic acids is 1. The summed E-state index contributed by atoms with van der Waals surface area (Å²) in [5.41, 5.74) is -1.58. The largest absolute Gasteiger partial charge is 0.476 e. The number of aromatic carboxylic acids is 1. The second-order valence-electron chi connectivity index (χ2n) is 4.14. The third kappa shape index (κ3) is 3.35. The molecule has 2 rings (SSSR count). The molecule has 0 aliphatic carbocycles. The number of nitrogens with zero attached hydrogens (tertiary/aromatic N) is 5. The molecule has 0 aromatic carbocycles. The van der Waals surface area contributed by atoms with E-state index in [1.54, 1.807) is 0 Å². The van der Waals surface area contributed by atoms with Crippen molar-refractivity contribution in [3.05, 3.63) is 32.3 Å². The standard InChI is InChI=1S/C10H5ClF3N5O4S/c1-18(5-3(19(22)23)2-15-9(11)17-5)6-4(7(20)21)16-8(24-6)10(12,13)14/h2H,1H3,(H,20,21). The Morgan fingerprint density at radius 1 is 1.46 bits per heavy atom. The molecule has 2 heterocycles. The van der Waals surface area contributed by atoms with Gasteiger partial charge in [-0.25, -0.2) is 14.8 Å². The summed E-state index contributed by atoms with van der Waals surface area (Å²) in [7, 11) is 1.10. The fraction of sp³-hybridized carbons (Fsp3) is 0.200. The van der Waals surface area contributed by atoms with Gasteiger partial charge in [-0.05, 0) is 11.6 Å². The molecular weight excluding hydrogens is 379 g/mol. The molecular formula is C10H5ClF3N5O4S. The molecule has 0 spiro atoms. The van der Waals surface area contributed by atoms with Crippen molar-refractivity contribution in [2.24, 2.45) is 0 Å². The lowest BCUT2D eigenvalue weighted by Gasteiger charge is -2.16. The fourth-order valence-electron chi connectivity index (χ4n) is 1.62. The molecule has 24 heavy (non-hydrogen) atoms. The van der Waals surface area contributed by atoms with Crippen LogP contribution < -0.4 is 4.90 Å². The molecule has 0 radical (unpaired) electrons. The van der Waals surface area contributed by atoms with Gasteiger partial charge in [-0.3, -0.25) is 10.1 Å². The number of anilines is 2. The summed E-state index contributed by atoms with van der Waals surface area (Å²) in [5, 5.41) is 17.7. The van der Waals surface area contributed by atoms with Gasteiger partial charge in [0, 0.05) is 7.05 Å². The third-order valence-corrected chi connectivity index (χ3v) is 3.95. The minimum atomic E-state index is -4.87. The quantitative estimate of drug-likeness (QED) is 0.485. The molecule has 2 aromatic rings. The average Bonchev–Trinajstić information content (AvgIpc) is 2.91. The van der Waals surface area contributed by atoms with Gasteiger partial charge < -0.3 is 10.0 Å². The van der Waals surface area contributed by atoms with E-state index in [0.717, 1.165) is 18.1 Å². The summed E-state index contributed by atoms with van der Waals surface area (Å²) in [6, 6.07) is 0. The molecule has 128 valence electrons. The molecule has 0 bridgehead atoms. The van der Waals surface area contributed by atoms with Crippen molar-refractivity contribution < 1.29 is 28.0 Å². The van der Waals surface area contributed by atoms with Gasteiger partial charge in [0.25, 0.3) is 0 Å². The Morgan fingerprint density at radius 2 is 2.08 bits per heavy atom. The van der Waals surface area contributed by atoms with Gasteiger partial charge in [0.2, 0.25) is 16.1 Å². The number of thiazole rings is 1. The van der Waals surface area contributed by atoms with Gasteiger partial charge in [-0.2, -0.15) is 18.2 Å². The van der Waals surface area contributed by atoms with Gasteiger partial charge >= 0.3 is 17.8 Å². The van der Waals surface area contributed by atoms with Gasteiger partial charge in [-0.15, -0.1) is 0 Å². The number of rotatable bonds is 4. The van der Waals surface area contributed by atoms with Crippen LogP contribution in [0.25, 0.3) is 0 Å². The van der Waals surface area contributed by atoms with Crippen molar-refractivity contribution in [3.63, 3.8) is 0 Å². The Labute approximate surface area is 139 Å². The number of hydrogen-bond donors (Lipinski definition) is 1. The van der Waals surface area contributed by atoms with E-state index < -0.39 is 49.6 Å². The first kappa shape index (κ1) is 17.8. The second kappa shape index (κ2) is 6.16. The van der Waals surface area contributed by atoms with Gasteiger partial charge in [-0.1, -0.05) is 11.3 Å². The highest BCUT2D eigenvalue weighted by Gasteiger charge is 2.38. The van der Waals surface area contributed by atoms with Gasteiger partial charge in [0.15, 0.2) is 5.69 Å². The molecule has 0 fully saturated rings. The fourth-order valence-corrected chi connectivity index (χ4v) is 2.64. The highest BCUT2D eigenvalue weighted by atomic mass is 35.5. The zero-order chi connectivity index (χ0) is 18.2. The van der Waals surface area contributed by atoms with Crippen molar-refractivity contribution >= 4 is 45.4 Å². The van der Waals surface area contributed by atoms with E-state index in [1.165, 1.54) is 0 Å². The van der Waals surface area contributed by atoms with Crippen LogP contribution in [0.4, 0.5) is 29.7 Å². The Hall–Kier alpha value is -2.54. The zero-order valence-corrected chi connectivity index (χ0v) is 13.0. The van der Waals surface area contributed by atoms with Crippen LogP contribution in [0.1, 0.15) is 15.5 Å². The zero-order valence-electron chi connectivity index (χ0n) is 11.4. The topological polar surface area (TPSA) is 122 Å². The van der Waals surface area contributed by atoms with Crippen LogP contribution in [-0.4, -0.2) is 38.0 Å². The highest BCUT2D eigenvalue weighted by Crippen LogP contribution is 2.41. The number of hydrogen-bond acceptors (Lipinski definition) is 8. The summed E-state index contributed by atoms with van der Waals surface area (Å²) in [4.78, 5) is 32.1. The lowest BCUT2D eigenvalue weighted by Crippen LogP contribution is -2.16. The van der Waals surface area contributed by atoms with Crippen molar-refractivity contribution in [1.82, 2.24) is 15.0 Å². The number of carboxylic acid groups (broad SMARTS) is 1. The van der Waals surface area contributed by atoms with Crippen LogP contribution >= 0.6 is 22.9 Å². The van der Waals surface area contributed by atoms with Crippen molar-refractivity contribution in [3.8, 4) is 0 Å². The van der Waals surface area contributed by atoms with E-state index in [-0.39, 0.29) is 11.3 Å². The lowest BCUT2D eigenvalue weighted by atomic mass is 10.4. The monoisotopic (exact) mass is 383 g/mol. The van der Waals surface area contributed by atoms with E-state index in [1.807, 2.05) is 0 Å². The average molecular weight is 384 g/mol. The number of aromatic nitrogens is 3. The van der Waals surface area contributed by atoms with E-state index in [9.17, 15) is 28.1 Å². The van der Waals surface area contributed by atoms with Gasteiger partial charge in [0.05, 0.1) is 4.92 Å². The molecule has 0 unspecified atom stereocenters. The maximum atomic E-state index is 12.8.